The second-order valence-electron chi connectivity index (χ2n) is 6.22. The summed E-state index contributed by atoms with van der Waals surface area (Å²) in [6, 6.07) is 0. The van der Waals surface area contributed by atoms with E-state index < -0.39 is 9.84 Å². The van der Waals surface area contributed by atoms with E-state index in [1.54, 1.807) is 0 Å². The standard InChI is InChI=1S/C13H26N2O2S/c1-11-6-14-7-12(2)9-15(8-11)10-13-4-3-5-18(13,16)17/h11-14H,3-10H2,1-2H3. The summed E-state index contributed by atoms with van der Waals surface area (Å²) >= 11 is 0. The molecule has 0 aromatic rings. The fourth-order valence-corrected chi connectivity index (χ4v) is 5.03. The molecule has 0 radical (unpaired) electrons. The first-order valence-corrected chi connectivity index (χ1v) is 8.83. The van der Waals surface area contributed by atoms with Gasteiger partial charge in [0.2, 0.25) is 0 Å². The molecule has 4 nitrogen and oxygen atoms in total. The largest absolute Gasteiger partial charge is 0.316 e. The van der Waals surface area contributed by atoms with Gasteiger partial charge in [-0.1, -0.05) is 13.8 Å². The molecule has 0 aromatic carbocycles. The molecule has 0 aliphatic carbocycles. The van der Waals surface area contributed by atoms with Crippen LogP contribution in [-0.2, 0) is 9.84 Å². The second kappa shape index (κ2) is 5.88. The van der Waals surface area contributed by atoms with Crippen molar-refractivity contribution in [3.05, 3.63) is 0 Å². The molecular formula is C13H26N2O2S. The zero-order valence-corrected chi connectivity index (χ0v) is 12.4. The van der Waals surface area contributed by atoms with E-state index >= 15 is 0 Å². The van der Waals surface area contributed by atoms with E-state index in [2.05, 4.69) is 24.1 Å². The summed E-state index contributed by atoms with van der Waals surface area (Å²) in [7, 11) is -2.80. The first-order chi connectivity index (χ1) is 8.47. The maximum absolute atomic E-state index is 11.9. The van der Waals surface area contributed by atoms with Gasteiger partial charge in [-0.05, 0) is 37.8 Å². The van der Waals surface area contributed by atoms with Gasteiger partial charge < -0.3 is 10.2 Å². The minimum absolute atomic E-state index is 0.107. The molecule has 0 spiro atoms. The molecule has 0 saturated carbocycles. The van der Waals surface area contributed by atoms with Crippen molar-refractivity contribution in [3.63, 3.8) is 0 Å². The van der Waals surface area contributed by atoms with Crippen molar-refractivity contribution in [2.24, 2.45) is 11.8 Å². The zero-order chi connectivity index (χ0) is 13.2. The summed E-state index contributed by atoms with van der Waals surface area (Å²) < 4.78 is 23.8. The van der Waals surface area contributed by atoms with Crippen molar-refractivity contribution < 1.29 is 8.42 Å². The lowest BCUT2D eigenvalue weighted by atomic mass is 10.1. The highest BCUT2D eigenvalue weighted by atomic mass is 32.2. The van der Waals surface area contributed by atoms with Gasteiger partial charge in [-0.2, -0.15) is 0 Å². The molecule has 18 heavy (non-hydrogen) atoms. The molecule has 2 saturated heterocycles. The molecule has 3 unspecified atom stereocenters. The third-order valence-electron chi connectivity index (χ3n) is 4.05. The van der Waals surface area contributed by atoms with Gasteiger partial charge >= 0.3 is 0 Å². The van der Waals surface area contributed by atoms with Crippen LogP contribution in [0.15, 0.2) is 0 Å². The van der Waals surface area contributed by atoms with Gasteiger partial charge in [0.05, 0.1) is 11.0 Å². The Morgan fingerprint density at radius 1 is 1.17 bits per heavy atom. The van der Waals surface area contributed by atoms with E-state index in [0.29, 0.717) is 17.6 Å². The molecule has 2 rings (SSSR count). The molecule has 2 aliphatic rings. The lowest BCUT2D eigenvalue weighted by Gasteiger charge is -2.33. The Balaban J connectivity index is 1.97. The minimum atomic E-state index is -2.80. The Kier molecular flexibility index (Phi) is 4.67. The Morgan fingerprint density at radius 2 is 1.78 bits per heavy atom. The van der Waals surface area contributed by atoms with Crippen LogP contribution in [-0.4, -0.2) is 57.0 Å². The summed E-state index contributed by atoms with van der Waals surface area (Å²) in [5.74, 6) is 1.60. The van der Waals surface area contributed by atoms with Gasteiger partial charge in [0, 0.05) is 19.6 Å². The predicted octanol–water partition coefficient (Wildman–Crippen LogP) is 0.741. The quantitative estimate of drug-likeness (QED) is 0.807. The summed E-state index contributed by atoms with van der Waals surface area (Å²) in [6.45, 7) is 9.33. The van der Waals surface area contributed by atoms with Crippen molar-refractivity contribution in [3.8, 4) is 0 Å². The van der Waals surface area contributed by atoms with Crippen LogP contribution in [0.25, 0.3) is 0 Å². The lowest BCUT2D eigenvalue weighted by molar-refractivity contribution is 0.185. The monoisotopic (exact) mass is 274 g/mol. The first-order valence-electron chi connectivity index (χ1n) is 7.12. The van der Waals surface area contributed by atoms with Crippen molar-refractivity contribution in [1.82, 2.24) is 10.2 Å². The molecule has 0 amide bonds. The molecule has 106 valence electrons. The van der Waals surface area contributed by atoms with Gasteiger partial charge in [-0.15, -0.1) is 0 Å². The number of nitrogens with one attached hydrogen (secondary N) is 1. The van der Waals surface area contributed by atoms with Crippen LogP contribution < -0.4 is 5.32 Å². The van der Waals surface area contributed by atoms with Crippen LogP contribution in [0.3, 0.4) is 0 Å². The Bertz CT molecular complexity index is 357. The summed E-state index contributed by atoms with van der Waals surface area (Å²) in [5, 5.41) is 3.37. The molecule has 0 bridgehead atoms. The van der Waals surface area contributed by atoms with E-state index in [9.17, 15) is 8.42 Å². The molecule has 2 fully saturated rings. The van der Waals surface area contributed by atoms with E-state index in [1.807, 2.05) is 0 Å². The molecule has 2 aliphatic heterocycles. The molecule has 5 heteroatoms. The van der Waals surface area contributed by atoms with Crippen molar-refractivity contribution >= 4 is 9.84 Å². The lowest BCUT2D eigenvalue weighted by Crippen LogP contribution is -2.45. The molecule has 2 heterocycles. The van der Waals surface area contributed by atoms with Crippen molar-refractivity contribution in [2.75, 3.05) is 38.5 Å². The van der Waals surface area contributed by atoms with Crippen LogP contribution in [0, 0.1) is 11.8 Å². The van der Waals surface area contributed by atoms with Crippen LogP contribution >= 0.6 is 0 Å². The van der Waals surface area contributed by atoms with E-state index in [4.69, 9.17) is 0 Å². The van der Waals surface area contributed by atoms with E-state index in [-0.39, 0.29) is 5.25 Å². The van der Waals surface area contributed by atoms with Crippen molar-refractivity contribution in [1.29, 1.82) is 0 Å². The Morgan fingerprint density at radius 3 is 2.28 bits per heavy atom. The summed E-state index contributed by atoms with van der Waals surface area (Å²) in [5.41, 5.74) is 0. The second-order valence-corrected chi connectivity index (χ2v) is 8.62. The van der Waals surface area contributed by atoms with Gasteiger partial charge in [0.15, 0.2) is 9.84 Å². The average Bonchev–Trinajstić information content (AvgIpc) is 2.56. The summed E-state index contributed by atoms with van der Waals surface area (Å²) in [6.07, 6.45) is 1.72. The maximum Gasteiger partial charge on any atom is 0.154 e. The zero-order valence-electron chi connectivity index (χ0n) is 11.6. The molecule has 0 aromatic heterocycles. The third-order valence-corrected chi connectivity index (χ3v) is 6.31. The fourth-order valence-electron chi connectivity index (χ4n) is 3.16. The SMILES string of the molecule is CC1CNCC(C)CN(CC2CCCS2(=O)=O)C1. The third kappa shape index (κ3) is 3.68. The topological polar surface area (TPSA) is 49.4 Å². The van der Waals surface area contributed by atoms with Gasteiger partial charge in [0.25, 0.3) is 0 Å². The van der Waals surface area contributed by atoms with E-state index in [0.717, 1.165) is 45.6 Å². The van der Waals surface area contributed by atoms with Crippen LogP contribution in [0.1, 0.15) is 26.7 Å². The highest BCUT2D eigenvalue weighted by molar-refractivity contribution is 7.92. The normalized spacial score (nSPS) is 38.2. The Hall–Kier alpha value is -0.130. The predicted molar refractivity (Wildman–Crippen MR) is 74.4 cm³/mol. The number of rotatable bonds is 2. The number of hydrogen-bond donors (Lipinski definition) is 1. The summed E-state index contributed by atoms with van der Waals surface area (Å²) in [4.78, 5) is 2.38. The minimum Gasteiger partial charge on any atom is -0.316 e. The molecular weight excluding hydrogens is 248 g/mol. The molecule has 1 N–H and O–H groups in total. The van der Waals surface area contributed by atoms with Crippen LogP contribution in [0.4, 0.5) is 0 Å². The number of sulfone groups is 1. The van der Waals surface area contributed by atoms with Gasteiger partial charge in [0.1, 0.15) is 0 Å². The van der Waals surface area contributed by atoms with Gasteiger partial charge in [-0.3, -0.25) is 0 Å². The number of nitrogens with zero attached hydrogens (tertiary/aromatic N) is 1. The smallest absolute Gasteiger partial charge is 0.154 e. The van der Waals surface area contributed by atoms with Gasteiger partial charge in [-0.25, -0.2) is 8.42 Å². The highest BCUT2D eigenvalue weighted by Gasteiger charge is 2.33. The maximum atomic E-state index is 11.9. The molecule has 3 atom stereocenters. The highest BCUT2D eigenvalue weighted by Crippen LogP contribution is 2.22. The van der Waals surface area contributed by atoms with Crippen molar-refractivity contribution in [2.45, 2.75) is 31.9 Å². The van der Waals surface area contributed by atoms with Crippen LogP contribution in [0.2, 0.25) is 0 Å². The van der Waals surface area contributed by atoms with E-state index in [1.165, 1.54) is 0 Å². The number of hydrogen-bond acceptors (Lipinski definition) is 4. The average molecular weight is 274 g/mol. The fraction of sp³-hybridized carbons (Fsp3) is 1.00. The Labute approximate surface area is 111 Å². The first kappa shape index (κ1) is 14.3. The van der Waals surface area contributed by atoms with Crippen LogP contribution in [0.5, 0.6) is 0 Å².